The van der Waals surface area contributed by atoms with E-state index in [-0.39, 0.29) is 0 Å². The van der Waals surface area contributed by atoms with Gasteiger partial charge in [-0.25, -0.2) is 15.8 Å². The Balaban J connectivity index is 1.44. The SMILES string of the molecule is NNc1cc(N2CCN(CC3CC3)CC2)nc(C2CC2)n1. The van der Waals surface area contributed by atoms with Gasteiger partial charge in [0.2, 0.25) is 0 Å². The summed E-state index contributed by atoms with van der Waals surface area (Å²) in [5.74, 6) is 9.81. The number of nitrogens with zero attached hydrogens (tertiary/aromatic N) is 4. The summed E-state index contributed by atoms with van der Waals surface area (Å²) in [6.45, 7) is 5.69. The minimum atomic E-state index is 0.549. The lowest BCUT2D eigenvalue weighted by Crippen LogP contribution is -2.47. The van der Waals surface area contributed by atoms with Crippen LogP contribution in [0.15, 0.2) is 6.07 Å². The number of piperazine rings is 1. The molecule has 1 aromatic rings. The van der Waals surface area contributed by atoms with Crippen molar-refractivity contribution in [2.24, 2.45) is 11.8 Å². The van der Waals surface area contributed by atoms with Gasteiger partial charge in [0.25, 0.3) is 0 Å². The Hall–Kier alpha value is -1.40. The number of rotatable bonds is 5. The smallest absolute Gasteiger partial charge is 0.145 e. The highest BCUT2D eigenvalue weighted by Crippen LogP contribution is 2.39. The van der Waals surface area contributed by atoms with Crippen LogP contribution in [-0.2, 0) is 0 Å². The maximum Gasteiger partial charge on any atom is 0.145 e. The number of hydrogen-bond donors (Lipinski definition) is 2. The minimum absolute atomic E-state index is 0.549. The van der Waals surface area contributed by atoms with E-state index in [0.29, 0.717) is 5.92 Å². The van der Waals surface area contributed by atoms with Crippen molar-refractivity contribution in [2.45, 2.75) is 31.6 Å². The molecule has 6 heteroatoms. The average Bonchev–Trinajstić information content (AvgIpc) is 3.40. The number of aromatic nitrogens is 2. The van der Waals surface area contributed by atoms with E-state index in [0.717, 1.165) is 49.6 Å². The fourth-order valence-corrected chi connectivity index (χ4v) is 3.04. The van der Waals surface area contributed by atoms with Crippen LogP contribution in [-0.4, -0.2) is 47.6 Å². The monoisotopic (exact) mass is 288 g/mol. The first-order valence-corrected chi connectivity index (χ1v) is 8.15. The summed E-state index contributed by atoms with van der Waals surface area (Å²) in [6.07, 6.45) is 5.29. The van der Waals surface area contributed by atoms with Gasteiger partial charge in [-0.05, 0) is 31.6 Å². The molecule has 0 bridgehead atoms. The third kappa shape index (κ3) is 3.11. The van der Waals surface area contributed by atoms with Crippen LogP contribution < -0.4 is 16.2 Å². The van der Waals surface area contributed by atoms with Gasteiger partial charge in [-0.15, -0.1) is 0 Å². The van der Waals surface area contributed by atoms with Gasteiger partial charge in [-0.3, -0.25) is 4.90 Å². The summed E-state index contributed by atoms with van der Waals surface area (Å²) in [4.78, 5) is 14.2. The molecule has 3 N–H and O–H groups in total. The maximum atomic E-state index is 5.55. The van der Waals surface area contributed by atoms with Crippen LogP contribution in [0.4, 0.5) is 11.6 Å². The zero-order chi connectivity index (χ0) is 14.2. The number of nitrogen functional groups attached to an aromatic ring is 1. The Morgan fingerprint density at radius 2 is 1.86 bits per heavy atom. The summed E-state index contributed by atoms with van der Waals surface area (Å²) >= 11 is 0. The molecule has 0 radical (unpaired) electrons. The van der Waals surface area contributed by atoms with Crippen LogP contribution in [0, 0.1) is 5.92 Å². The first kappa shape index (κ1) is 13.3. The predicted octanol–water partition coefficient (Wildman–Crippen LogP) is 1.17. The van der Waals surface area contributed by atoms with Crippen molar-refractivity contribution in [3.63, 3.8) is 0 Å². The van der Waals surface area contributed by atoms with Crippen molar-refractivity contribution in [3.8, 4) is 0 Å². The fraction of sp³-hybridized carbons (Fsp3) is 0.733. The third-order valence-electron chi connectivity index (χ3n) is 4.73. The van der Waals surface area contributed by atoms with Gasteiger partial charge in [0, 0.05) is 44.7 Å². The van der Waals surface area contributed by atoms with Gasteiger partial charge in [-0.1, -0.05) is 0 Å². The molecular formula is C15H24N6. The van der Waals surface area contributed by atoms with Crippen LogP contribution in [0.3, 0.4) is 0 Å². The van der Waals surface area contributed by atoms with Crippen molar-refractivity contribution >= 4 is 11.6 Å². The quantitative estimate of drug-likeness (QED) is 0.626. The summed E-state index contributed by atoms with van der Waals surface area (Å²) in [5.41, 5.74) is 2.68. The van der Waals surface area contributed by atoms with Gasteiger partial charge in [-0.2, -0.15) is 0 Å². The highest BCUT2D eigenvalue weighted by Gasteiger charge is 2.29. The molecule has 3 fully saturated rings. The van der Waals surface area contributed by atoms with Crippen molar-refractivity contribution in [3.05, 3.63) is 11.9 Å². The summed E-state index contributed by atoms with van der Waals surface area (Å²) in [7, 11) is 0. The molecule has 2 aliphatic carbocycles. The van der Waals surface area contributed by atoms with Crippen LogP contribution in [0.2, 0.25) is 0 Å². The highest BCUT2D eigenvalue weighted by molar-refractivity contribution is 5.49. The van der Waals surface area contributed by atoms with Crippen LogP contribution in [0.1, 0.15) is 37.4 Å². The van der Waals surface area contributed by atoms with Gasteiger partial charge < -0.3 is 10.3 Å². The Kier molecular flexibility index (Phi) is 3.43. The molecular weight excluding hydrogens is 264 g/mol. The Morgan fingerprint density at radius 1 is 1.10 bits per heavy atom. The molecule has 3 aliphatic rings. The lowest BCUT2D eigenvalue weighted by atomic mass is 10.2. The summed E-state index contributed by atoms with van der Waals surface area (Å²) in [5, 5.41) is 0. The predicted molar refractivity (Wildman–Crippen MR) is 83.2 cm³/mol. The third-order valence-corrected chi connectivity index (χ3v) is 4.73. The molecule has 1 aliphatic heterocycles. The molecule has 1 saturated heterocycles. The zero-order valence-corrected chi connectivity index (χ0v) is 12.5. The Bertz CT molecular complexity index is 503. The van der Waals surface area contributed by atoms with E-state index in [2.05, 4.69) is 20.2 Å². The highest BCUT2D eigenvalue weighted by atomic mass is 15.3. The van der Waals surface area contributed by atoms with E-state index in [1.54, 1.807) is 0 Å². The van der Waals surface area contributed by atoms with Gasteiger partial charge in [0.1, 0.15) is 17.5 Å². The van der Waals surface area contributed by atoms with E-state index in [1.165, 1.54) is 32.2 Å². The summed E-state index contributed by atoms with van der Waals surface area (Å²) < 4.78 is 0. The number of hydrogen-bond acceptors (Lipinski definition) is 6. The van der Waals surface area contributed by atoms with E-state index in [9.17, 15) is 0 Å². The van der Waals surface area contributed by atoms with Gasteiger partial charge >= 0.3 is 0 Å². The van der Waals surface area contributed by atoms with Crippen molar-refractivity contribution in [2.75, 3.05) is 43.0 Å². The lowest BCUT2D eigenvalue weighted by Gasteiger charge is -2.35. The standard InChI is InChI=1S/C15H24N6/c16-19-13-9-14(18-15(17-13)12-3-4-12)21-7-5-20(6-8-21)10-11-1-2-11/h9,11-12H,1-8,10,16H2,(H,17,18,19). The number of hydrazine groups is 1. The second-order valence-electron chi connectivity index (χ2n) is 6.62. The number of nitrogens with one attached hydrogen (secondary N) is 1. The second-order valence-corrected chi connectivity index (χ2v) is 6.62. The van der Waals surface area contributed by atoms with E-state index >= 15 is 0 Å². The molecule has 0 unspecified atom stereocenters. The first-order valence-electron chi connectivity index (χ1n) is 8.15. The van der Waals surface area contributed by atoms with E-state index in [4.69, 9.17) is 10.8 Å². The van der Waals surface area contributed by atoms with Crippen LogP contribution >= 0.6 is 0 Å². The normalized spacial score (nSPS) is 23.4. The lowest BCUT2D eigenvalue weighted by molar-refractivity contribution is 0.247. The van der Waals surface area contributed by atoms with Crippen LogP contribution in [0.5, 0.6) is 0 Å². The molecule has 21 heavy (non-hydrogen) atoms. The Morgan fingerprint density at radius 3 is 2.48 bits per heavy atom. The summed E-state index contributed by atoms with van der Waals surface area (Å²) in [6, 6.07) is 1.97. The van der Waals surface area contributed by atoms with Crippen LogP contribution in [0.25, 0.3) is 0 Å². The molecule has 0 amide bonds. The van der Waals surface area contributed by atoms with Crippen molar-refractivity contribution in [1.29, 1.82) is 0 Å². The molecule has 6 nitrogen and oxygen atoms in total. The Labute approximate surface area is 125 Å². The molecule has 2 saturated carbocycles. The molecule has 4 rings (SSSR count). The topological polar surface area (TPSA) is 70.3 Å². The molecule has 0 spiro atoms. The molecule has 1 aromatic heterocycles. The fourth-order valence-electron chi connectivity index (χ4n) is 3.04. The van der Waals surface area contributed by atoms with Crippen molar-refractivity contribution < 1.29 is 0 Å². The van der Waals surface area contributed by atoms with E-state index in [1.807, 2.05) is 6.07 Å². The zero-order valence-electron chi connectivity index (χ0n) is 12.5. The molecule has 2 heterocycles. The molecule has 0 aromatic carbocycles. The minimum Gasteiger partial charge on any atom is -0.354 e. The first-order chi connectivity index (χ1) is 10.3. The molecule has 0 atom stereocenters. The number of nitrogens with two attached hydrogens (primary N) is 1. The number of anilines is 2. The molecule has 114 valence electrons. The largest absolute Gasteiger partial charge is 0.354 e. The second kappa shape index (κ2) is 5.42. The average molecular weight is 288 g/mol. The van der Waals surface area contributed by atoms with Gasteiger partial charge in [0.15, 0.2) is 0 Å². The maximum absolute atomic E-state index is 5.55. The van der Waals surface area contributed by atoms with Gasteiger partial charge in [0.05, 0.1) is 0 Å². The van der Waals surface area contributed by atoms with E-state index < -0.39 is 0 Å². The van der Waals surface area contributed by atoms with Crippen molar-refractivity contribution in [1.82, 2.24) is 14.9 Å².